The van der Waals surface area contributed by atoms with Gasteiger partial charge in [0.2, 0.25) is 0 Å². The number of aliphatic carboxylic acids is 2. The fourth-order valence-electron chi connectivity index (χ4n) is 0.174. The number of carbonyl (C=O) groups excluding carboxylic acids is 2. The second-order valence-corrected chi connectivity index (χ2v) is 3.43. The van der Waals surface area contributed by atoms with Crippen LogP contribution in [-0.2, 0) is 19.1 Å². The standard InChI is InChI=1S/C5H8O2.2C4H6O2.Li.H3N/c1-4(2)5(6)7-3;2*1-3(2)4(5)6;;/h1H2,2-3H3;2*1H2,2H3,(H,5,6);;1H3/q;;;+1;/p-1. The Labute approximate surface area is 137 Å². The van der Waals surface area contributed by atoms with Crippen molar-refractivity contribution in [1.29, 1.82) is 0 Å². The molecule has 0 spiro atoms. The summed E-state index contributed by atoms with van der Waals surface area (Å²) in [6.07, 6.45) is 0. The van der Waals surface area contributed by atoms with Crippen LogP contribution >= 0.6 is 0 Å². The summed E-state index contributed by atoms with van der Waals surface area (Å²) in [6.45, 7) is 14.0. The molecule has 0 aliphatic carbocycles. The summed E-state index contributed by atoms with van der Waals surface area (Å²) >= 11 is 0. The number of hydrogen-bond donors (Lipinski definition) is 2. The summed E-state index contributed by atoms with van der Waals surface area (Å²) in [7, 11) is 1.33. The Balaban J connectivity index is -0.0000000584. The van der Waals surface area contributed by atoms with E-state index in [1.807, 2.05) is 0 Å². The van der Waals surface area contributed by atoms with Gasteiger partial charge in [0, 0.05) is 11.1 Å². The molecule has 0 radical (unpaired) electrons. The van der Waals surface area contributed by atoms with E-state index in [-0.39, 0.29) is 42.1 Å². The SMILES string of the molecule is C=C(C)C(=O)O.C=C(C)C(=O)OC.C=C(C)C(=O)[O-].N.[Li+]. The van der Waals surface area contributed by atoms with Gasteiger partial charge in [-0.3, -0.25) is 0 Å². The molecule has 8 heteroatoms. The topological polar surface area (TPSA) is 139 Å². The molecule has 0 aliphatic rings. The smallest absolute Gasteiger partial charge is 0.545 e. The summed E-state index contributed by atoms with van der Waals surface area (Å²) in [5, 5.41) is 17.4. The van der Waals surface area contributed by atoms with Crippen molar-refractivity contribution in [3.05, 3.63) is 36.5 Å². The molecular weight excluding hydrogens is 273 g/mol. The van der Waals surface area contributed by atoms with Crippen LogP contribution in [0.5, 0.6) is 0 Å². The summed E-state index contributed by atoms with van der Waals surface area (Å²) in [5.41, 5.74) is 0.674. The Morgan fingerprint density at radius 3 is 1.19 bits per heavy atom. The summed E-state index contributed by atoms with van der Waals surface area (Å²) < 4.78 is 4.27. The zero-order valence-electron chi connectivity index (χ0n) is 13.3. The van der Waals surface area contributed by atoms with Crippen LogP contribution in [0.1, 0.15) is 20.8 Å². The minimum atomic E-state index is -1.19. The second-order valence-electron chi connectivity index (χ2n) is 3.43. The van der Waals surface area contributed by atoms with Crippen molar-refractivity contribution in [2.24, 2.45) is 0 Å². The molecule has 116 valence electrons. The van der Waals surface area contributed by atoms with E-state index in [1.165, 1.54) is 21.0 Å². The van der Waals surface area contributed by atoms with Crippen LogP contribution in [0, 0.1) is 0 Å². The Kier molecular flexibility index (Phi) is 27.3. The number of carboxylic acids is 2. The molecule has 0 aliphatic heterocycles. The van der Waals surface area contributed by atoms with Gasteiger partial charge < -0.3 is 25.9 Å². The number of methoxy groups -OCH3 is 1. The van der Waals surface area contributed by atoms with E-state index < -0.39 is 11.9 Å². The third-order valence-electron chi connectivity index (χ3n) is 1.25. The van der Waals surface area contributed by atoms with Crippen LogP contribution in [-0.4, -0.2) is 30.1 Å². The van der Waals surface area contributed by atoms with Crippen LogP contribution in [0.4, 0.5) is 0 Å². The first-order valence-electron chi connectivity index (χ1n) is 4.96. The molecule has 0 aromatic rings. The molecule has 0 aromatic heterocycles. The maximum absolute atomic E-state index is 10.2. The monoisotopic (exact) mass is 295 g/mol. The molecule has 0 saturated heterocycles. The molecule has 0 aromatic carbocycles. The van der Waals surface area contributed by atoms with Crippen molar-refractivity contribution < 1.29 is 48.2 Å². The molecule has 0 fully saturated rings. The first-order valence-corrected chi connectivity index (χ1v) is 4.96. The van der Waals surface area contributed by atoms with Crippen LogP contribution in [0.25, 0.3) is 0 Å². The minimum absolute atomic E-state index is 0. The van der Waals surface area contributed by atoms with Gasteiger partial charge in [-0.2, -0.15) is 0 Å². The van der Waals surface area contributed by atoms with Gasteiger partial charge in [-0.1, -0.05) is 19.7 Å². The predicted octanol–water partition coefficient (Wildman–Crippen LogP) is -2.14. The molecule has 0 bridgehead atoms. The van der Waals surface area contributed by atoms with E-state index >= 15 is 0 Å². The average molecular weight is 295 g/mol. The maximum atomic E-state index is 10.2. The zero-order chi connectivity index (χ0) is 16.2. The number of carbonyl (C=O) groups is 3. The van der Waals surface area contributed by atoms with Gasteiger partial charge in [0.05, 0.1) is 13.1 Å². The Morgan fingerprint density at radius 1 is 0.952 bits per heavy atom. The largest absolute Gasteiger partial charge is 1.00 e. The molecule has 21 heavy (non-hydrogen) atoms. The third kappa shape index (κ3) is 32.1. The maximum Gasteiger partial charge on any atom is 1.00 e. The predicted molar refractivity (Wildman–Crippen MR) is 74.1 cm³/mol. The van der Waals surface area contributed by atoms with Crippen LogP contribution in [0.3, 0.4) is 0 Å². The average Bonchev–Trinajstić information content (AvgIpc) is 2.29. The van der Waals surface area contributed by atoms with Crippen molar-refractivity contribution >= 4 is 17.9 Å². The van der Waals surface area contributed by atoms with Gasteiger partial charge in [0.15, 0.2) is 0 Å². The molecule has 0 rings (SSSR count). The van der Waals surface area contributed by atoms with E-state index in [1.54, 1.807) is 6.92 Å². The van der Waals surface area contributed by atoms with Crippen molar-refractivity contribution in [3.8, 4) is 0 Å². The molecule has 4 N–H and O–H groups in total. The summed E-state index contributed by atoms with van der Waals surface area (Å²) in [5.74, 6) is -2.47. The van der Waals surface area contributed by atoms with Gasteiger partial charge in [0.25, 0.3) is 0 Å². The van der Waals surface area contributed by atoms with Gasteiger partial charge in [-0.25, -0.2) is 9.59 Å². The van der Waals surface area contributed by atoms with Crippen molar-refractivity contribution in [2.75, 3.05) is 7.11 Å². The van der Waals surface area contributed by atoms with Crippen LogP contribution in [0.2, 0.25) is 0 Å². The molecule has 0 amide bonds. The fourth-order valence-corrected chi connectivity index (χ4v) is 0.174. The van der Waals surface area contributed by atoms with Crippen molar-refractivity contribution in [3.63, 3.8) is 0 Å². The first-order chi connectivity index (χ1) is 8.47. The van der Waals surface area contributed by atoms with E-state index in [4.69, 9.17) is 5.11 Å². The van der Waals surface area contributed by atoms with Gasteiger partial charge in [-0.15, -0.1) is 0 Å². The molecule has 7 nitrogen and oxygen atoms in total. The fraction of sp³-hybridized carbons (Fsp3) is 0.308. The number of rotatable bonds is 3. The molecule has 0 heterocycles. The first kappa shape index (κ1) is 31.5. The third-order valence-corrected chi connectivity index (χ3v) is 1.25. The molecule has 0 saturated carbocycles. The summed E-state index contributed by atoms with van der Waals surface area (Å²) in [4.78, 5) is 29.3. The quantitative estimate of drug-likeness (QED) is 0.344. The van der Waals surface area contributed by atoms with Gasteiger partial charge in [0.1, 0.15) is 0 Å². The molecular formula is C13H22LiNO6. The van der Waals surface area contributed by atoms with E-state index in [9.17, 15) is 19.5 Å². The number of ether oxygens (including phenoxy) is 1. The van der Waals surface area contributed by atoms with Crippen molar-refractivity contribution in [2.45, 2.75) is 20.8 Å². The van der Waals surface area contributed by atoms with Crippen molar-refractivity contribution in [1.82, 2.24) is 6.15 Å². The number of esters is 1. The number of hydrogen-bond acceptors (Lipinski definition) is 6. The normalized spacial score (nSPS) is 6.86. The summed E-state index contributed by atoms with van der Waals surface area (Å²) in [6, 6.07) is 0. The van der Waals surface area contributed by atoms with Crippen LogP contribution < -0.4 is 30.1 Å². The number of carboxylic acid groups (broad SMARTS) is 2. The van der Waals surface area contributed by atoms with Gasteiger partial charge >= 0.3 is 30.8 Å². The van der Waals surface area contributed by atoms with E-state index in [0.717, 1.165) is 0 Å². The Bertz CT molecular complexity index is 342. The molecule has 0 unspecified atom stereocenters. The Hall–Kier alpha value is -1.81. The van der Waals surface area contributed by atoms with E-state index in [2.05, 4.69) is 24.5 Å². The van der Waals surface area contributed by atoms with Gasteiger partial charge in [-0.05, 0) is 26.3 Å². The molecule has 0 atom stereocenters. The zero-order valence-corrected chi connectivity index (χ0v) is 13.3. The van der Waals surface area contributed by atoms with Crippen LogP contribution in [0.15, 0.2) is 36.5 Å². The minimum Gasteiger partial charge on any atom is -0.545 e. The second kappa shape index (κ2) is 18.2. The Morgan fingerprint density at radius 2 is 1.19 bits per heavy atom. The van der Waals surface area contributed by atoms with E-state index in [0.29, 0.717) is 5.57 Å².